The van der Waals surface area contributed by atoms with E-state index in [0.717, 1.165) is 44.9 Å². The van der Waals surface area contributed by atoms with E-state index >= 15 is 0 Å². The average molecular weight is 740 g/mol. The maximum Gasteiger partial charge on any atom is 0.135 e. The summed E-state index contributed by atoms with van der Waals surface area (Å²) in [7, 11) is 0. The Kier molecular flexibility index (Phi) is 8.19. The van der Waals surface area contributed by atoms with Gasteiger partial charge in [0.2, 0.25) is 0 Å². The molecule has 0 aliphatic carbocycles. The van der Waals surface area contributed by atoms with Crippen LogP contribution < -0.4 is 4.90 Å². The third kappa shape index (κ3) is 6.18. The number of hydrogen-bond acceptors (Lipinski definition) is 2. The lowest BCUT2D eigenvalue weighted by Gasteiger charge is -2.26. The fourth-order valence-electron chi connectivity index (χ4n) is 8.39. The molecule has 0 bridgehead atoms. The standard InChI is InChI=1S/C56H37NO/c1-2-10-45-36-52(32-26-38(45)8-1)57(51-30-24-42(25-31-51)46-27-33-54-47(34-46)21-20-43-9-3-5-14-53(43)54)50-28-22-40(23-29-50)39-16-18-41(19-17-39)44-12-7-13-48(35-44)56-37-49-11-4-6-15-55(49)58-56/h1-37H. The first-order valence-electron chi connectivity index (χ1n) is 19.8. The van der Waals surface area contributed by atoms with Crippen molar-refractivity contribution in [1.82, 2.24) is 0 Å². The minimum atomic E-state index is 0.882. The predicted octanol–water partition coefficient (Wildman–Crippen LogP) is 16.0. The summed E-state index contributed by atoms with van der Waals surface area (Å²) in [5.41, 5.74) is 12.4. The summed E-state index contributed by atoms with van der Waals surface area (Å²) in [6.07, 6.45) is 0. The smallest absolute Gasteiger partial charge is 0.135 e. The highest BCUT2D eigenvalue weighted by molar-refractivity contribution is 6.08. The van der Waals surface area contributed by atoms with Crippen LogP contribution >= 0.6 is 0 Å². The molecule has 58 heavy (non-hydrogen) atoms. The van der Waals surface area contributed by atoms with Gasteiger partial charge in [-0.3, -0.25) is 0 Å². The lowest BCUT2D eigenvalue weighted by atomic mass is 9.97. The normalized spacial score (nSPS) is 11.4. The molecule has 0 N–H and O–H groups in total. The SMILES string of the molecule is c1cc(-c2ccc(-c3ccc(N(c4ccc(-c5ccc6c(ccc7ccccc76)c5)cc4)c4ccc5ccccc5c4)cc3)cc2)cc(-c2cc3ccccc3o2)c1. The Hall–Kier alpha value is -7.68. The zero-order chi connectivity index (χ0) is 38.4. The molecule has 10 aromatic carbocycles. The van der Waals surface area contributed by atoms with Crippen molar-refractivity contribution in [1.29, 1.82) is 0 Å². The molecule has 0 fully saturated rings. The highest BCUT2D eigenvalue weighted by atomic mass is 16.3. The molecule has 0 saturated heterocycles. The Morgan fingerprint density at radius 3 is 1.48 bits per heavy atom. The summed E-state index contributed by atoms with van der Waals surface area (Å²) in [5.74, 6) is 0.882. The highest BCUT2D eigenvalue weighted by Crippen LogP contribution is 2.39. The molecule has 11 rings (SSSR count). The van der Waals surface area contributed by atoms with Gasteiger partial charge in [0.1, 0.15) is 11.3 Å². The molecule has 0 saturated carbocycles. The van der Waals surface area contributed by atoms with E-state index in [9.17, 15) is 0 Å². The van der Waals surface area contributed by atoms with Crippen LogP contribution in [0.3, 0.4) is 0 Å². The molecule has 1 aromatic heterocycles. The molecule has 0 aliphatic rings. The predicted molar refractivity (Wildman–Crippen MR) is 245 cm³/mol. The fourth-order valence-corrected chi connectivity index (χ4v) is 8.39. The zero-order valence-electron chi connectivity index (χ0n) is 31.7. The van der Waals surface area contributed by atoms with Gasteiger partial charge >= 0.3 is 0 Å². The van der Waals surface area contributed by atoms with E-state index in [2.05, 4.69) is 211 Å². The minimum absolute atomic E-state index is 0.882. The Bertz CT molecular complexity index is 3230. The summed E-state index contributed by atoms with van der Waals surface area (Å²) in [4.78, 5) is 2.35. The van der Waals surface area contributed by atoms with Gasteiger partial charge in [0, 0.05) is 28.0 Å². The Balaban J connectivity index is 0.897. The largest absolute Gasteiger partial charge is 0.456 e. The van der Waals surface area contributed by atoms with Crippen molar-refractivity contribution in [2.45, 2.75) is 0 Å². The lowest BCUT2D eigenvalue weighted by molar-refractivity contribution is 0.631. The van der Waals surface area contributed by atoms with Gasteiger partial charge in [-0.25, -0.2) is 0 Å². The number of nitrogens with zero attached hydrogens (tertiary/aromatic N) is 1. The highest BCUT2D eigenvalue weighted by Gasteiger charge is 2.15. The molecule has 0 radical (unpaired) electrons. The van der Waals surface area contributed by atoms with Crippen LogP contribution in [0, 0.1) is 0 Å². The molecule has 272 valence electrons. The van der Waals surface area contributed by atoms with Crippen molar-refractivity contribution in [3.05, 3.63) is 224 Å². The van der Waals surface area contributed by atoms with Crippen molar-refractivity contribution >= 4 is 60.3 Å². The molecule has 11 aromatic rings. The summed E-state index contributed by atoms with van der Waals surface area (Å²) in [6, 6.07) is 80.8. The van der Waals surface area contributed by atoms with Gasteiger partial charge in [0.15, 0.2) is 0 Å². The molecule has 2 nitrogen and oxygen atoms in total. The molecule has 0 atom stereocenters. The molecular formula is C56H37NO. The Morgan fingerprint density at radius 2 is 0.759 bits per heavy atom. The molecular weight excluding hydrogens is 703 g/mol. The fraction of sp³-hybridized carbons (Fsp3) is 0. The van der Waals surface area contributed by atoms with E-state index in [1.54, 1.807) is 0 Å². The summed E-state index contributed by atoms with van der Waals surface area (Å²) in [5, 5.41) is 8.64. The van der Waals surface area contributed by atoms with E-state index in [1.165, 1.54) is 60.1 Å². The van der Waals surface area contributed by atoms with Gasteiger partial charge in [-0.05, 0) is 126 Å². The first-order valence-corrected chi connectivity index (χ1v) is 19.8. The van der Waals surface area contributed by atoms with Crippen LogP contribution in [0.2, 0.25) is 0 Å². The molecule has 2 heteroatoms. The monoisotopic (exact) mass is 739 g/mol. The van der Waals surface area contributed by atoms with Crippen molar-refractivity contribution in [2.24, 2.45) is 0 Å². The molecule has 0 amide bonds. The number of hydrogen-bond donors (Lipinski definition) is 0. The van der Waals surface area contributed by atoms with E-state index < -0.39 is 0 Å². The number of rotatable bonds is 7. The quantitative estimate of drug-likeness (QED) is 0.151. The maximum absolute atomic E-state index is 6.17. The number of fused-ring (bicyclic) bond motifs is 5. The van der Waals surface area contributed by atoms with Crippen LogP contribution in [0.4, 0.5) is 17.1 Å². The van der Waals surface area contributed by atoms with Crippen LogP contribution in [0.1, 0.15) is 0 Å². The zero-order valence-corrected chi connectivity index (χ0v) is 31.7. The Labute approximate surface area is 337 Å². The second kappa shape index (κ2) is 14.1. The molecule has 0 spiro atoms. The van der Waals surface area contributed by atoms with Gasteiger partial charge in [0.05, 0.1) is 0 Å². The summed E-state index contributed by atoms with van der Waals surface area (Å²) in [6.45, 7) is 0. The molecule has 1 heterocycles. The third-order valence-electron chi connectivity index (χ3n) is 11.4. The van der Waals surface area contributed by atoms with Crippen LogP contribution in [-0.4, -0.2) is 0 Å². The van der Waals surface area contributed by atoms with Crippen LogP contribution in [0.25, 0.3) is 88.0 Å². The second-order valence-corrected chi connectivity index (χ2v) is 15.0. The first kappa shape index (κ1) is 33.6. The summed E-state index contributed by atoms with van der Waals surface area (Å²) < 4.78 is 6.17. The van der Waals surface area contributed by atoms with E-state index in [0.29, 0.717) is 0 Å². The van der Waals surface area contributed by atoms with Crippen molar-refractivity contribution < 1.29 is 4.42 Å². The second-order valence-electron chi connectivity index (χ2n) is 15.0. The Morgan fingerprint density at radius 1 is 0.259 bits per heavy atom. The van der Waals surface area contributed by atoms with Crippen LogP contribution in [-0.2, 0) is 0 Å². The van der Waals surface area contributed by atoms with Crippen molar-refractivity contribution in [3.8, 4) is 44.7 Å². The summed E-state index contributed by atoms with van der Waals surface area (Å²) >= 11 is 0. The number of anilines is 3. The van der Waals surface area contributed by atoms with Crippen molar-refractivity contribution in [2.75, 3.05) is 4.90 Å². The van der Waals surface area contributed by atoms with Crippen LogP contribution in [0.15, 0.2) is 229 Å². The van der Waals surface area contributed by atoms with E-state index in [4.69, 9.17) is 4.42 Å². The topological polar surface area (TPSA) is 16.4 Å². The van der Waals surface area contributed by atoms with Gasteiger partial charge < -0.3 is 9.32 Å². The minimum Gasteiger partial charge on any atom is -0.456 e. The van der Waals surface area contributed by atoms with Crippen molar-refractivity contribution in [3.63, 3.8) is 0 Å². The van der Waals surface area contributed by atoms with Gasteiger partial charge in [-0.1, -0.05) is 164 Å². The third-order valence-corrected chi connectivity index (χ3v) is 11.4. The number of para-hydroxylation sites is 1. The van der Waals surface area contributed by atoms with E-state index in [1.807, 2.05) is 18.2 Å². The van der Waals surface area contributed by atoms with Gasteiger partial charge in [-0.2, -0.15) is 0 Å². The average Bonchev–Trinajstić information content (AvgIpc) is 3.74. The molecule has 0 aliphatic heterocycles. The lowest BCUT2D eigenvalue weighted by Crippen LogP contribution is -2.09. The van der Waals surface area contributed by atoms with E-state index in [-0.39, 0.29) is 0 Å². The van der Waals surface area contributed by atoms with Gasteiger partial charge in [0.25, 0.3) is 0 Å². The number of benzene rings is 10. The number of furan rings is 1. The van der Waals surface area contributed by atoms with Gasteiger partial charge in [-0.15, -0.1) is 0 Å². The molecule has 0 unspecified atom stereocenters. The maximum atomic E-state index is 6.17. The van der Waals surface area contributed by atoms with Crippen LogP contribution in [0.5, 0.6) is 0 Å². The first-order chi connectivity index (χ1) is 28.7.